The number of benzene rings is 2. The van der Waals surface area contributed by atoms with Gasteiger partial charge in [-0.1, -0.05) is 62.4 Å². The van der Waals surface area contributed by atoms with Crippen molar-refractivity contribution in [3.8, 4) is 11.1 Å². The second-order valence-corrected chi connectivity index (χ2v) is 8.79. The van der Waals surface area contributed by atoms with Crippen LogP contribution in [0.2, 0.25) is 0 Å². The maximum Gasteiger partial charge on any atom is 0.407 e. The largest absolute Gasteiger partial charge is 0.481 e. The van der Waals surface area contributed by atoms with Crippen LogP contribution in [-0.4, -0.2) is 42.3 Å². The Balaban J connectivity index is 1.56. The summed E-state index contributed by atoms with van der Waals surface area (Å²) >= 11 is 0. The van der Waals surface area contributed by atoms with Crippen LogP contribution < -0.4 is 10.6 Å². The molecular formula is C26H32N2O5. The number of aliphatic carboxylic acids is 1. The van der Waals surface area contributed by atoms with Crippen molar-refractivity contribution in [2.75, 3.05) is 13.2 Å². The quantitative estimate of drug-likeness (QED) is 0.441. The molecule has 3 rings (SSSR count). The Morgan fingerprint density at radius 3 is 2.15 bits per heavy atom. The van der Waals surface area contributed by atoms with Crippen molar-refractivity contribution in [1.29, 1.82) is 0 Å². The van der Waals surface area contributed by atoms with Crippen molar-refractivity contribution in [2.45, 2.75) is 51.5 Å². The fraction of sp³-hybridized carbons (Fsp3) is 0.423. The molecule has 7 heteroatoms. The Hall–Kier alpha value is -3.35. The second kappa shape index (κ2) is 11.5. The van der Waals surface area contributed by atoms with Gasteiger partial charge in [-0.25, -0.2) is 4.79 Å². The van der Waals surface area contributed by atoms with Crippen molar-refractivity contribution in [3.63, 3.8) is 0 Å². The van der Waals surface area contributed by atoms with Crippen LogP contribution in [-0.2, 0) is 14.3 Å². The minimum absolute atomic E-state index is 0.0465. The SMILES string of the molecule is CC(C)C[C@H](NC(=O)OCC1c2ccccc2-c2ccccc21)C(=O)NCCCCC(=O)O. The first-order chi connectivity index (χ1) is 15.9. The van der Waals surface area contributed by atoms with Gasteiger partial charge < -0.3 is 20.5 Å². The molecule has 0 spiro atoms. The van der Waals surface area contributed by atoms with Gasteiger partial charge in [-0.3, -0.25) is 9.59 Å². The summed E-state index contributed by atoms with van der Waals surface area (Å²) < 4.78 is 5.58. The van der Waals surface area contributed by atoms with Gasteiger partial charge in [-0.05, 0) is 47.4 Å². The van der Waals surface area contributed by atoms with Crippen LogP contribution in [0, 0.1) is 5.92 Å². The second-order valence-electron chi connectivity index (χ2n) is 8.79. The van der Waals surface area contributed by atoms with Crippen molar-refractivity contribution >= 4 is 18.0 Å². The monoisotopic (exact) mass is 452 g/mol. The predicted octanol–water partition coefficient (Wildman–Crippen LogP) is 4.31. The van der Waals surface area contributed by atoms with E-state index in [9.17, 15) is 14.4 Å². The van der Waals surface area contributed by atoms with Crippen molar-refractivity contribution in [2.24, 2.45) is 5.92 Å². The van der Waals surface area contributed by atoms with Gasteiger partial charge in [0.15, 0.2) is 0 Å². The Morgan fingerprint density at radius 1 is 0.970 bits per heavy atom. The summed E-state index contributed by atoms with van der Waals surface area (Å²) in [4.78, 5) is 35.8. The molecule has 0 aromatic heterocycles. The molecule has 0 fully saturated rings. The average molecular weight is 453 g/mol. The minimum Gasteiger partial charge on any atom is -0.481 e. The fourth-order valence-corrected chi connectivity index (χ4v) is 4.22. The lowest BCUT2D eigenvalue weighted by atomic mass is 9.98. The molecular weight excluding hydrogens is 420 g/mol. The van der Waals surface area contributed by atoms with Crippen molar-refractivity contribution < 1.29 is 24.2 Å². The fourth-order valence-electron chi connectivity index (χ4n) is 4.22. The molecule has 0 bridgehead atoms. The third-order valence-electron chi connectivity index (χ3n) is 5.78. The zero-order valence-corrected chi connectivity index (χ0v) is 19.2. The molecule has 3 N–H and O–H groups in total. The summed E-state index contributed by atoms with van der Waals surface area (Å²) in [5, 5.41) is 14.2. The molecule has 2 amide bonds. The van der Waals surface area contributed by atoms with Gasteiger partial charge in [0.05, 0.1) is 0 Å². The molecule has 1 atom stereocenters. The zero-order chi connectivity index (χ0) is 23.8. The van der Waals surface area contributed by atoms with E-state index >= 15 is 0 Å². The molecule has 1 aliphatic carbocycles. The number of carboxylic acid groups (broad SMARTS) is 1. The molecule has 1 aliphatic rings. The number of nitrogens with one attached hydrogen (secondary N) is 2. The lowest BCUT2D eigenvalue weighted by molar-refractivity contribution is -0.137. The van der Waals surface area contributed by atoms with E-state index in [1.807, 2.05) is 38.1 Å². The summed E-state index contributed by atoms with van der Waals surface area (Å²) in [6, 6.07) is 15.5. The molecule has 0 saturated carbocycles. The Labute approximate surface area is 194 Å². The Morgan fingerprint density at radius 2 is 1.58 bits per heavy atom. The summed E-state index contributed by atoms with van der Waals surface area (Å²) in [6.45, 7) is 4.51. The smallest absolute Gasteiger partial charge is 0.407 e. The molecule has 0 saturated heterocycles. The van der Waals surface area contributed by atoms with Gasteiger partial charge in [-0.15, -0.1) is 0 Å². The maximum atomic E-state index is 12.6. The van der Waals surface area contributed by atoms with E-state index in [1.54, 1.807) is 0 Å². The molecule has 7 nitrogen and oxygen atoms in total. The third-order valence-corrected chi connectivity index (χ3v) is 5.78. The standard InChI is InChI=1S/C26H32N2O5/c1-17(2)15-23(25(31)27-14-8-7-13-24(29)30)28-26(32)33-16-22-20-11-5-3-9-18(20)19-10-4-6-12-21(19)22/h3-6,9-12,17,22-23H,7-8,13-16H2,1-2H3,(H,27,31)(H,28,32)(H,29,30)/t23-/m0/s1. The van der Waals surface area contributed by atoms with E-state index in [2.05, 4.69) is 34.9 Å². The number of carbonyl (C=O) groups excluding carboxylic acids is 2. The number of rotatable bonds is 11. The highest BCUT2D eigenvalue weighted by Crippen LogP contribution is 2.44. The maximum absolute atomic E-state index is 12.6. The summed E-state index contributed by atoms with van der Waals surface area (Å²) in [5.74, 6) is -0.986. The van der Waals surface area contributed by atoms with E-state index in [4.69, 9.17) is 9.84 Å². The Bertz CT molecular complexity index is 943. The number of fused-ring (bicyclic) bond motifs is 3. The van der Waals surface area contributed by atoms with Crippen molar-refractivity contribution in [1.82, 2.24) is 10.6 Å². The first-order valence-corrected chi connectivity index (χ1v) is 11.5. The van der Waals surface area contributed by atoms with Crippen LogP contribution in [0.3, 0.4) is 0 Å². The molecule has 0 unspecified atom stereocenters. The zero-order valence-electron chi connectivity index (χ0n) is 19.2. The van der Waals surface area contributed by atoms with Crippen LogP contribution in [0.4, 0.5) is 4.79 Å². The summed E-state index contributed by atoms with van der Waals surface area (Å²) in [7, 11) is 0. The lowest BCUT2D eigenvalue weighted by Gasteiger charge is -2.21. The van der Waals surface area contributed by atoms with Crippen LogP contribution in [0.5, 0.6) is 0 Å². The number of hydrogen-bond donors (Lipinski definition) is 3. The lowest BCUT2D eigenvalue weighted by Crippen LogP contribution is -2.48. The van der Waals surface area contributed by atoms with Crippen LogP contribution in [0.1, 0.15) is 56.6 Å². The first-order valence-electron chi connectivity index (χ1n) is 11.5. The van der Waals surface area contributed by atoms with Gasteiger partial charge in [0.1, 0.15) is 12.6 Å². The normalized spacial score (nSPS) is 13.2. The molecule has 176 valence electrons. The van der Waals surface area contributed by atoms with E-state index < -0.39 is 18.1 Å². The number of amides is 2. The molecule has 0 radical (unpaired) electrons. The van der Waals surface area contributed by atoms with Gasteiger partial charge >= 0.3 is 12.1 Å². The van der Waals surface area contributed by atoms with Crippen LogP contribution >= 0.6 is 0 Å². The highest BCUT2D eigenvalue weighted by atomic mass is 16.5. The van der Waals surface area contributed by atoms with Crippen LogP contribution in [0.25, 0.3) is 11.1 Å². The minimum atomic E-state index is -0.851. The highest BCUT2D eigenvalue weighted by Gasteiger charge is 2.29. The Kier molecular flexibility index (Phi) is 8.46. The summed E-state index contributed by atoms with van der Waals surface area (Å²) in [6.07, 6.45) is 0.986. The molecule has 2 aromatic rings. The average Bonchev–Trinajstić information content (AvgIpc) is 3.10. The molecule has 2 aromatic carbocycles. The van der Waals surface area contributed by atoms with E-state index in [0.29, 0.717) is 25.8 Å². The summed E-state index contributed by atoms with van der Waals surface area (Å²) in [5.41, 5.74) is 4.57. The van der Waals surface area contributed by atoms with Crippen molar-refractivity contribution in [3.05, 3.63) is 59.7 Å². The number of carbonyl (C=O) groups is 3. The number of alkyl carbamates (subject to hydrolysis) is 1. The van der Waals surface area contributed by atoms with Gasteiger partial charge in [-0.2, -0.15) is 0 Å². The number of unbranched alkanes of at least 4 members (excludes halogenated alkanes) is 1. The predicted molar refractivity (Wildman–Crippen MR) is 126 cm³/mol. The van der Waals surface area contributed by atoms with Gasteiger partial charge in [0, 0.05) is 18.9 Å². The van der Waals surface area contributed by atoms with E-state index in [1.165, 1.54) is 0 Å². The molecule has 0 aliphatic heterocycles. The van der Waals surface area contributed by atoms with Gasteiger partial charge in [0.2, 0.25) is 5.91 Å². The van der Waals surface area contributed by atoms with Crippen LogP contribution in [0.15, 0.2) is 48.5 Å². The number of hydrogen-bond acceptors (Lipinski definition) is 4. The highest BCUT2D eigenvalue weighted by molar-refractivity contribution is 5.85. The molecule has 33 heavy (non-hydrogen) atoms. The number of ether oxygens (including phenoxy) is 1. The number of carboxylic acids is 1. The van der Waals surface area contributed by atoms with E-state index in [0.717, 1.165) is 22.3 Å². The molecule has 0 heterocycles. The van der Waals surface area contributed by atoms with Gasteiger partial charge in [0.25, 0.3) is 0 Å². The first kappa shape index (κ1) is 24.3. The topological polar surface area (TPSA) is 105 Å². The third kappa shape index (κ3) is 6.57. The van der Waals surface area contributed by atoms with E-state index in [-0.39, 0.29) is 30.8 Å².